The number of nitrogens with two attached hydrogens (primary N) is 1. The number of hydrogen-bond donors (Lipinski definition) is 4. The number of pyridine rings is 1. The number of anilines is 1. The third-order valence-electron chi connectivity index (χ3n) is 4.17. The summed E-state index contributed by atoms with van der Waals surface area (Å²) in [5.74, 6) is 0. The molecule has 5 N–H and O–H groups in total. The Balaban J connectivity index is 1.94. The fraction of sp³-hybridized carbons (Fsp3) is 0.278. The van der Waals surface area contributed by atoms with E-state index in [2.05, 4.69) is 33.9 Å². The lowest BCUT2D eigenvalue weighted by atomic mass is 10.1. The van der Waals surface area contributed by atoms with Crippen LogP contribution in [0.4, 0.5) is 5.69 Å². The average molecular weight is 326 g/mol. The molecule has 0 bridgehead atoms. The van der Waals surface area contributed by atoms with E-state index >= 15 is 0 Å². The van der Waals surface area contributed by atoms with Gasteiger partial charge in [0.05, 0.1) is 17.9 Å². The van der Waals surface area contributed by atoms with Gasteiger partial charge < -0.3 is 20.8 Å². The van der Waals surface area contributed by atoms with Gasteiger partial charge in [-0.25, -0.2) is 0 Å². The Morgan fingerprint density at radius 3 is 2.83 bits per heavy atom. The normalized spacial score (nSPS) is 11.5. The second-order valence-corrected chi connectivity index (χ2v) is 5.87. The van der Waals surface area contributed by atoms with Gasteiger partial charge in [0.15, 0.2) is 0 Å². The largest absolute Gasteiger partial charge is 0.398 e. The zero-order valence-corrected chi connectivity index (χ0v) is 13.7. The number of hydrogen-bond acceptors (Lipinski definition) is 4. The molecule has 0 radical (unpaired) electrons. The van der Waals surface area contributed by atoms with Crippen molar-refractivity contribution < 1.29 is 5.11 Å². The maximum atomic E-state index is 12.0. The van der Waals surface area contributed by atoms with Crippen LogP contribution >= 0.6 is 0 Å². The van der Waals surface area contributed by atoms with Crippen molar-refractivity contribution in [2.75, 3.05) is 25.4 Å². The number of rotatable bonds is 6. The Morgan fingerprint density at radius 2 is 2.08 bits per heavy atom. The SMILES string of the molecule is CCN(CCO)Cc1ccc2[nH]c(-c3cc(N)c[nH]c3=O)cc2c1. The number of aliphatic hydroxyl groups is 1. The molecule has 0 saturated heterocycles. The Labute approximate surface area is 139 Å². The molecule has 0 aliphatic carbocycles. The molecule has 0 saturated carbocycles. The third kappa shape index (κ3) is 3.34. The van der Waals surface area contributed by atoms with Gasteiger partial charge in [-0.3, -0.25) is 9.69 Å². The summed E-state index contributed by atoms with van der Waals surface area (Å²) in [7, 11) is 0. The van der Waals surface area contributed by atoms with Crippen LogP contribution in [0.5, 0.6) is 0 Å². The van der Waals surface area contributed by atoms with Crippen molar-refractivity contribution in [1.29, 1.82) is 0 Å². The van der Waals surface area contributed by atoms with Gasteiger partial charge in [-0.05, 0) is 36.4 Å². The minimum Gasteiger partial charge on any atom is -0.398 e. The predicted molar refractivity (Wildman–Crippen MR) is 96.8 cm³/mol. The van der Waals surface area contributed by atoms with Crippen LogP contribution in [0, 0.1) is 0 Å². The average Bonchev–Trinajstić information content (AvgIpc) is 2.99. The molecule has 0 unspecified atom stereocenters. The Bertz CT molecular complexity index is 897. The summed E-state index contributed by atoms with van der Waals surface area (Å²) in [6.07, 6.45) is 1.49. The molecular formula is C18H22N4O2. The molecule has 0 fully saturated rings. The van der Waals surface area contributed by atoms with Crippen molar-refractivity contribution >= 4 is 16.6 Å². The molecule has 0 aliphatic heterocycles. The molecule has 2 heterocycles. The summed E-state index contributed by atoms with van der Waals surface area (Å²) in [4.78, 5) is 20.1. The minimum absolute atomic E-state index is 0.155. The Morgan fingerprint density at radius 1 is 1.25 bits per heavy atom. The number of likely N-dealkylation sites (N-methyl/N-ethyl adjacent to an activating group) is 1. The van der Waals surface area contributed by atoms with Gasteiger partial charge in [0.25, 0.3) is 5.56 Å². The van der Waals surface area contributed by atoms with Crippen molar-refractivity contribution in [1.82, 2.24) is 14.9 Å². The molecule has 1 aromatic carbocycles. The molecule has 6 nitrogen and oxygen atoms in total. The molecule has 6 heteroatoms. The first kappa shape index (κ1) is 16.3. The lowest BCUT2D eigenvalue weighted by Crippen LogP contribution is -2.25. The molecular weight excluding hydrogens is 304 g/mol. The maximum Gasteiger partial charge on any atom is 0.257 e. The van der Waals surface area contributed by atoms with Gasteiger partial charge in [-0.1, -0.05) is 13.0 Å². The Kier molecular flexibility index (Phi) is 4.69. The number of fused-ring (bicyclic) bond motifs is 1. The highest BCUT2D eigenvalue weighted by molar-refractivity contribution is 5.86. The molecule has 3 rings (SSSR count). The zero-order valence-electron chi connectivity index (χ0n) is 13.7. The zero-order chi connectivity index (χ0) is 17.1. The number of aromatic nitrogens is 2. The summed E-state index contributed by atoms with van der Waals surface area (Å²) >= 11 is 0. The van der Waals surface area contributed by atoms with Gasteiger partial charge in [0.1, 0.15) is 0 Å². The highest BCUT2D eigenvalue weighted by Crippen LogP contribution is 2.24. The number of nitrogens with zero attached hydrogens (tertiary/aromatic N) is 1. The van der Waals surface area contributed by atoms with Crippen LogP contribution in [0.2, 0.25) is 0 Å². The number of aliphatic hydroxyl groups excluding tert-OH is 1. The third-order valence-corrected chi connectivity index (χ3v) is 4.17. The van der Waals surface area contributed by atoms with Crippen LogP contribution < -0.4 is 11.3 Å². The van der Waals surface area contributed by atoms with Gasteiger partial charge in [0, 0.05) is 35.9 Å². The number of nitrogens with one attached hydrogen (secondary N) is 2. The smallest absolute Gasteiger partial charge is 0.257 e. The quantitative estimate of drug-likeness (QED) is 0.556. The highest BCUT2D eigenvalue weighted by Gasteiger charge is 2.09. The van der Waals surface area contributed by atoms with Crippen LogP contribution in [0.15, 0.2) is 41.3 Å². The maximum absolute atomic E-state index is 12.0. The second kappa shape index (κ2) is 6.90. The van der Waals surface area contributed by atoms with Crippen molar-refractivity contribution in [3.8, 4) is 11.3 Å². The van der Waals surface area contributed by atoms with E-state index in [-0.39, 0.29) is 12.2 Å². The topological polar surface area (TPSA) is 98.1 Å². The van der Waals surface area contributed by atoms with E-state index in [1.807, 2.05) is 12.1 Å². The van der Waals surface area contributed by atoms with Gasteiger partial charge in [0.2, 0.25) is 0 Å². The van der Waals surface area contributed by atoms with Crippen LogP contribution in [0.3, 0.4) is 0 Å². The molecule has 24 heavy (non-hydrogen) atoms. The molecule has 0 atom stereocenters. The molecule has 0 spiro atoms. The van der Waals surface area contributed by atoms with E-state index in [9.17, 15) is 4.79 Å². The van der Waals surface area contributed by atoms with E-state index in [4.69, 9.17) is 10.8 Å². The van der Waals surface area contributed by atoms with E-state index in [0.29, 0.717) is 17.8 Å². The van der Waals surface area contributed by atoms with Crippen molar-refractivity contribution in [2.45, 2.75) is 13.5 Å². The lowest BCUT2D eigenvalue weighted by molar-refractivity contribution is 0.197. The van der Waals surface area contributed by atoms with E-state index in [0.717, 1.165) is 29.7 Å². The Hall–Kier alpha value is -2.57. The van der Waals surface area contributed by atoms with Gasteiger partial charge >= 0.3 is 0 Å². The van der Waals surface area contributed by atoms with Crippen LogP contribution in [0.25, 0.3) is 22.2 Å². The molecule has 3 aromatic rings. The monoisotopic (exact) mass is 326 g/mol. The van der Waals surface area contributed by atoms with E-state index in [1.165, 1.54) is 11.8 Å². The fourth-order valence-corrected chi connectivity index (χ4v) is 2.87. The molecule has 0 amide bonds. The number of benzene rings is 1. The number of H-pyrrole nitrogens is 2. The summed E-state index contributed by atoms with van der Waals surface area (Å²) in [6.45, 7) is 4.56. The first-order valence-electron chi connectivity index (χ1n) is 8.04. The number of aromatic amines is 2. The first-order chi connectivity index (χ1) is 11.6. The summed E-state index contributed by atoms with van der Waals surface area (Å²) in [5.41, 5.74) is 9.54. The van der Waals surface area contributed by atoms with Crippen molar-refractivity contribution in [3.05, 3.63) is 52.4 Å². The number of nitrogen functional groups attached to an aromatic ring is 1. The van der Waals surface area contributed by atoms with Crippen LogP contribution in [-0.2, 0) is 6.54 Å². The van der Waals surface area contributed by atoms with Crippen molar-refractivity contribution in [3.63, 3.8) is 0 Å². The second-order valence-electron chi connectivity index (χ2n) is 5.87. The highest BCUT2D eigenvalue weighted by atomic mass is 16.3. The summed E-state index contributed by atoms with van der Waals surface area (Å²) in [6, 6.07) is 9.82. The first-order valence-corrected chi connectivity index (χ1v) is 8.04. The van der Waals surface area contributed by atoms with Crippen LogP contribution in [-0.4, -0.2) is 39.7 Å². The van der Waals surface area contributed by atoms with Crippen LogP contribution in [0.1, 0.15) is 12.5 Å². The molecule has 2 aromatic heterocycles. The molecule has 0 aliphatic rings. The van der Waals surface area contributed by atoms with Gasteiger partial charge in [-0.15, -0.1) is 0 Å². The minimum atomic E-state index is -0.170. The van der Waals surface area contributed by atoms with Crippen molar-refractivity contribution in [2.24, 2.45) is 0 Å². The predicted octanol–water partition coefficient (Wildman–Crippen LogP) is 1.92. The standard InChI is InChI=1S/C18H22N4O2/c1-2-22(5-6-23)11-12-3-4-16-13(7-12)8-17(21-16)15-9-14(19)10-20-18(15)24/h3-4,7-10,21,23H,2,5-6,11,19H2,1H3,(H,20,24). The van der Waals surface area contributed by atoms with Gasteiger partial charge in [-0.2, -0.15) is 0 Å². The molecule has 126 valence electrons. The fourth-order valence-electron chi connectivity index (χ4n) is 2.87. The van der Waals surface area contributed by atoms with E-state index < -0.39 is 0 Å². The summed E-state index contributed by atoms with van der Waals surface area (Å²) < 4.78 is 0. The lowest BCUT2D eigenvalue weighted by Gasteiger charge is -2.19. The summed E-state index contributed by atoms with van der Waals surface area (Å²) in [5, 5.41) is 10.2. The van der Waals surface area contributed by atoms with E-state index in [1.54, 1.807) is 6.07 Å².